The number of amides is 2. The van der Waals surface area contributed by atoms with Crippen LogP contribution in [0.1, 0.15) is 16.7 Å². The molecule has 5 nitrogen and oxygen atoms in total. The van der Waals surface area contributed by atoms with Crippen LogP contribution in [0, 0.1) is 0 Å². The Labute approximate surface area is 185 Å². The normalized spacial score (nSPS) is 15.9. The van der Waals surface area contributed by atoms with Crippen molar-refractivity contribution in [1.82, 2.24) is 5.32 Å². The SMILES string of the molecule is CN1C(=O)[C@H](NC(=O)/C=C/c2cccc(Cl)c2)N=C(c2ccccc2)c2ccccc21. The van der Waals surface area contributed by atoms with Crippen molar-refractivity contribution in [2.24, 2.45) is 4.99 Å². The Balaban J connectivity index is 1.67. The highest BCUT2D eigenvalue weighted by Crippen LogP contribution is 2.27. The highest BCUT2D eigenvalue weighted by atomic mass is 35.5. The monoisotopic (exact) mass is 429 g/mol. The summed E-state index contributed by atoms with van der Waals surface area (Å²) in [6, 6.07) is 24.3. The summed E-state index contributed by atoms with van der Waals surface area (Å²) >= 11 is 5.99. The number of nitrogens with zero attached hydrogens (tertiary/aromatic N) is 2. The Morgan fingerprint density at radius 2 is 1.77 bits per heavy atom. The maximum absolute atomic E-state index is 13.1. The smallest absolute Gasteiger partial charge is 0.272 e. The summed E-state index contributed by atoms with van der Waals surface area (Å²) in [7, 11) is 1.69. The number of halogens is 1. The average Bonchev–Trinajstić information content (AvgIpc) is 2.89. The lowest BCUT2D eigenvalue weighted by Gasteiger charge is -2.20. The van der Waals surface area contributed by atoms with Gasteiger partial charge >= 0.3 is 0 Å². The third-order valence-electron chi connectivity index (χ3n) is 4.95. The number of anilines is 1. The fraction of sp³-hybridized carbons (Fsp3) is 0.0800. The molecule has 0 unspecified atom stereocenters. The zero-order chi connectivity index (χ0) is 21.8. The molecule has 0 spiro atoms. The number of likely N-dealkylation sites (N-methyl/N-ethyl adjacent to an activating group) is 1. The van der Waals surface area contributed by atoms with Crippen LogP contribution in [-0.2, 0) is 9.59 Å². The first-order valence-electron chi connectivity index (χ1n) is 9.77. The van der Waals surface area contributed by atoms with E-state index in [1.807, 2.05) is 60.7 Å². The van der Waals surface area contributed by atoms with E-state index >= 15 is 0 Å². The molecule has 1 atom stereocenters. The Morgan fingerprint density at radius 3 is 2.55 bits per heavy atom. The lowest BCUT2D eigenvalue weighted by Crippen LogP contribution is -2.45. The van der Waals surface area contributed by atoms with Crippen LogP contribution in [0.2, 0.25) is 5.02 Å². The van der Waals surface area contributed by atoms with E-state index in [-0.39, 0.29) is 5.91 Å². The maximum atomic E-state index is 13.1. The van der Waals surface area contributed by atoms with Crippen molar-refractivity contribution in [2.75, 3.05) is 11.9 Å². The van der Waals surface area contributed by atoms with Crippen molar-refractivity contribution in [3.05, 3.63) is 107 Å². The van der Waals surface area contributed by atoms with Crippen LogP contribution in [-0.4, -0.2) is 30.7 Å². The van der Waals surface area contributed by atoms with Crippen LogP contribution in [0.15, 0.2) is 89.9 Å². The fourth-order valence-electron chi connectivity index (χ4n) is 3.41. The van der Waals surface area contributed by atoms with Gasteiger partial charge in [0, 0.05) is 29.3 Å². The Kier molecular flexibility index (Phi) is 5.96. The number of hydrogen-bond donors (Lipinski definition) is 1. The third kappa shape index (κ3) is 4.57. The topological polar surface area (TPSA) is 61.8 Å². The lowest BCUT2D eigenvalue weighted by molar-refractivity contribution is -0.124. The first-order valence-corrected chi connectivity index (χ1v) is 10.1. The van der Waals surface area contributed by atoms with Gasteiger partial charge in [-0.3, -0.25) is 9.59 Å². The number of carbonyl (C=O) groups excluding carboxylic acids is 2. The highest BCUT2D eigenvalue weighted by molar-refractivity contribution is 6.30. The second kappa shape index (κ2) is 8.98. The average molecular weight is 430 g/mol. The van der Waals surface area contributed by atoms with Crippen LogP contribution in [0.25, 0.3) is 6.08 Å². The first-order chi connectivity index (χ1) is 15.0. The molecule has 0 radical (unpaired) electrons. The molecule has 2 amide bonds. The van der Waals surface area contributed by atoms with E-state index < -0.39 is 12.1 Å². The van der Waals surface area contributed by atoms with Gasteiger partial charge in [-0.1, -0.05) is 72.3 Å². The van der Waals surface area contributed by atoms with Crippen LogP contribution in [0.3, 0.4) is 0 Å². The Bertz CT molecular complexity index is 1190. The minimum atomic E-state index is -1.05. The summed E-state index contributed by atoms with van der Waals surface area (Å²) in [4.78, 5) is 31.9. The predicted octanol–water partition coefficient (Wildman–Crippen LogP) is 4.31. The molecule has 0 aromatic heterocycles. The van der Waals surface area contributed by atoms with Crippen LogP contribution in [0.5, 0.6) is 0 Å². The van der Waals surface area contributed by atoms with Gasteiger partial charge in [-0.2, -0.15) is 0 Å². The van der Waals surface area contributed by atoms with E-state index in [1.54, 1.807) is 31.3 Å². The third-order valence-corrected chi connectivity index (χ3v) is 5.18. The van der Waals surface area contributed by atoms with Crippen molar-refractivity contribution in [2.45, 2.75) is 6.17 Å². The van der Waals surface area contributed by atoms with Gasteiger partial charge in [-0.25, -0.2) is 4.99 Å². The zero-order valence-electron chi connectivity index (χ0n) is 16.8. The summed E-state index contributed by atoms with van der Waals surface area (Å²) in [6.45, 7) is 0. The van der Waals surface area contributed by atoms with Crippen molar-refractivity contribution in [3.8, 4) is 0 Å². The molecule has 1 aliphatic heterocycles. The van der Waals surface area contributed by atoms with E-state index in [0.717, 1.165) is 22.4 Å². The number of carbonyl (C=O) groups is 2. The summed E-state index contributed by atoms with van der Waals surface area (Å²) in [6.07, 6.45) is 1.96. The van der Waals surface area contributed by atoms with Crippen molar-refractivity contribution < 1.29 is 9.59 Å². The van der Waals surface area contributed by atoms with Crippen molar-refractivity contribution in [1.29, 1.82) is 0 Å². The molecule has 31 heavy (non-hydrogen) atoms. The molecule has 1 N–H and O–H groups in total. The number of rotatable bonds is 4. The van der Waals surface area contributed by atoms with Gasteiger partial charge in [-0.15, -0.1) is 0 Å². The van der Waals surface area contributed by atoms with Crippen LogP contribution in [0.4, 0.5) is 5.69 Å². The fourth-order valence-corrected chi connectivity index (χ4v) is 3.61. The molecular formula is C25H20ClN3O2. The van der Waals surface area contributed by atoms with Crippen molar-refractivity contribution in [3.63, 3.8) is 0 Å². The predicted molar refractivity (Wildman–Crippen MR) is 124 cm³/mol. The minimum Gasteiger partial charge on any atom is -0.323 e. The molecule has 3 aromatic carbocycles. The molecule has 1 aliphatic rings. The molecule has 4 rings (SSSR count). The number of benzodiazepines with no additional fused rings is 1. The van der Waals surface area contributed by atoms with Gasteiger partial charge in [0.25, 0.3) is 5.91 Å². The van der Waals surface area contributed by atoms with E-state index in [1.165, 1.54) is 11.0 Å². The van der Waals surface area contributed by atoms with Gasteiger partial charge in [0.2, 0.25) is 12.1 Å². The number of nitrogens with one attached hydrogen (secondary N) is 1. The van der Waals surface area contributed by atoms with E-state index in [2.05, 4.69) is 10.3 Å². The molecule has 0 aliphatic carbocycles. The molecule has 0 bridgehead atoms. The molecule has 6 heteroatoms. The quantitative estimate of drug-likeness (QED) is 0.628. The first kappa shape index (κ1) is 20.6. The van der Waals surface area contributed by atoms with E-state index in [4.69, 9.17) is 11.6 Å². The van der Waals surface area contributed by atoms with Gasteiger partial charge in [0.05, 0.1) is 11.4 Å². The largest absolute Gasteiger partial charge is 0.323 e. The van der Waals surface area contributed by atoms with Gasteiger partial charge in [-0.05, 0) is 29.8 Å². The van der Waals surface area contributed by atoms with Crippen LogP contribution < -0.4 is 10.2 Å². The molecular weight excluding hydrogens is 410 g/mol. The molecule has 0 saturated carbocycles. The van der Waals surface area contributed by atoms with Gasteiger partial charge in [0.1, 0.15) is 0 Å². The van der Waals surface area contributed by atoms with Crippen LogP contribution >= 0.6 is 11.6 Å². The number of aliphatic imine (C=N–C) groups is 1. The summed E-state index contributed by atoms with van der Waals surface area (Å²) in [5, 5.41) is 3.30. The minimum absolute atomic E-state index is 0.317. The second-order valence-electron chi connectivity index (χ2n) is 7.06. The van der Waals surface area contributed by atoms with Crippen molar-refractivity contribution >= 4 is 40.9 Å². The lowest BCUT2D eigenvalue weighted by atomic mass is 10.0. The molecule has 154 valence electrons. The maximum Gasteiger partial charge on any atom is 0.272 e. The van der Waals surface area contributed by atoms with E-state index in [0.29, 0.717) is 10.7 Å². The summed E-state index contributed by atoms with van der Waals surface area (Å²) < 4.78 is 0. The zero-order valence-corrected chi connectivity index (χ0v) is 17.6. The number of fused-ring (bicyclic) bond motifs is 1. The second-order valence-corrected chi connectivity index (χ2v) is 7.49. The number of hydrogen-bond acceptors (Lipinski definition) is 3. The van der Waals surface area contributed by atoms with Gasteiger partial charge in [0.15, 0.2) is 0 Å². The van der Waals surface area contributed by atoms with Gasteiger partial charge < -0.3 is 10.2 Å². The standard InChI is InChI=1S/C25H20ClN3O2/c1-29-21-13-6-5-12-20(21)23(18-9-3-2-4-10-18)28-24(25(29)31)27-22(30)15-14-17-8-7-11-19(26)16-17/h2-16,24H,1H3,(H,27,30)/b15-14+/t24-/m1/s1. The molecule has 1 heterocycles. The molecule has 0 saturated heterocycles. The highest BCUT2D eigenvalue weighted by Gasteiger charge is 2.30. The molecule has 0 fully saturated rings. The Morgan fingerprint density at radius 1 is 1.03 bits per heavy atom. The number of para-hydroxylation sites is 1. The molecule has 3 aromatic rings. The van der Waals surface area contributed by atoms with E-state index in [9.17, 15) is 9.59 Å². The number of benzene rings is 3. The summed E-state index contributed by atoms with van der Waals surface area (Å²) in [5.74, 6) is -0.739. The Hall–Kier alpha value is -3.70. The summed E-state index contributed by atoms with van der Waals surface area (Å²) in [5.41, 5.74) is 3.87.